The minimum Gasteiger partial charge on any atom is -0.348 e. The van der Waals surface area contributed by atoms with Crippen LogP contribution in [0.25, 0.3) is 10.7 Å². The minimum absolute atomic E-state index is 0.109. The Morgan fingerprint density at radius 2 is 2.14 bits per heavy atom. The highest BCUT2D eigenvalue weighted by Crippen LogP contribution is 2.24. The van der Waals surface area contributed by atoms with E-state index in [4.69, 9.17) is 0 Å². The van der Waals surface area contributed by atoms with E-state index in [1.54, 1.807) is 24.0 Å². The van der Waals surface area contributed by atoms with Gasteiger partial charge in [0, 0.05) is 18.4 Å². The summed E-state index contributed by atoms with van der Waals surface area (Å²) in [6, 6.07) is 1.93. The lowest BCUT2D eigenvalue weighted by molar-refractivity contribution is 0.0918. The van der Waals surface area contributed by atoms with E-state index >= 15 is 0 Å². The first-order chi connectivity index (χ1) is 10.2. The van der Waals surface area contributed by atoms with Crippen molar-refractivity contribution in [3.05, 3.63) is 29.7 Å². The number of nitrogens with one attached hydrogen (secondary N) is 1. The number of amides is 1. The molecule has 0 radical (unpaired) electrons. The van der Waals surface area contributed by atoms with Crippen LogP contribution < -0.4 is 5.32 Å². The smallest absolute Gasteiger partial charge is 0.270 e. The molecule has 0 spiro atoms. The summed E-state index contributed by atoms with van der Waals surface area (Å²) in [5, 5.41) is 3.09. The molecular formula is C15H18N4OS. The summed E-state index contributed by atoms with van der Waals surface area (Å²) in [6.07, 6.45) is 7.81. The van der Waals surface area contributed by atoms with E-state index in [0.29, 0.717) is 11.5 Å². The molecule has 0 aliphatic heterocycles. The van der Waals surface area contributed by atoms with E-state index in [1.165, 1.54) is 24.2 Å². The van der Waals surface area contributed by atoms with Crippen LogP contribution in [-0.2, 0) is 0 Å². The zero-order chi connectivity index (χ0) is 14.7. The summed E-state index contributed by atoms with van der Waals surface area (Å²) >= 11 is 1.46. The second-order valence-corrected chi connectivity index (χ2v) is 6.45. The number of hydrogen-bond acceptors (Lipinski definition) is 5. The second kappa shape index (κ2) is 6.30. The standard InChI is InChI=1S/C15H18N4OS/c1-10-2-4-11(5-3-10)18-15(20)12-6-7-17-14(19-12)13-8-16-9-21-13/h6-11H,2-5H2,1H3,(H,18,20)/t10-,11-. The lowest BCUT2D eigenvalue weighted by Gasteiger charge is -2.26. The van der Waals surface area contributed by atoms with Gasteiger partial charge in [-0.05, 0) is 37.7 Å². The molecule has 2 aromatic rings. The first-order valence-corrected chi connectivity index (χ1v) is 8.13. The predicted molar refractivity (Wildman–Crippen MR) is 82.0 cm³/mol. The first-order valence-electron chi connectivity index (χ1n) is 7.25. The van der Waals surface area contributed by atoms with E-state index < -0.39 is 0 Å². The SMILES string of the molecule is C[C@H]1CC[C@H](NC(=O)c2ccnc(-c3cncs3)n2)CC1. The fraction of sp³-hybridized carbons (Fsp3) is 0.467. The van der Waals surface area contributed by atoms with Gasteiger partial charge in [-0.3, -0.25) is 9.78 Å². The Bertz CT molecular complexity index is 606. The molecule has 1 amide bonds. The van der Waals surface area contributed by atoms with Crippen LogP contribution in [0.3, 0.4) is 0 Å². The van der Waals surface area contributed by atoms with Gasteiger partial charge in [0.2, 0.25) is 0 Å². The Morgan fingerprint density at radius 1 is 1.33 bits per heavy atom. The normalized spacial score (nSPS) is 22.0. The quantitative estimate of drug-likeness (QED) is 0.946. The third-order valence-electron chi connectivity index (χ3n) is 3.89. The lowest BCUT2D eigenvalue weighted by Crippen LogP contribution is -2.37. The van der Waals surface area contributed by atoms with Crippen molar-refractivity contribution in [1.82, 2.24) is 20.3 Å². The summed E-state index contributed by atoms with van der Waals surface area (Å²) in [4.78, 5) is 25.7. The first kappa shape index (κ1) is 14.1. The highest BCUT2D eigenvalue weighted by atomic mass is 32.1. The van der Waals surface area contributed by atoms with Crippen LogP contribution >= 0.6 is 11.3 Å². The average molecular weight is 302 g/mol. The fourth-order valence-electron chi connectivity index (χ4n) is 2.59. The number of thiazole rings is 1. The van der Waals surface area contributed by atoms with Crippen LogP contribution in [0.5, 0.6) is 0 Å². The van der Waals surface area contributed by atoms with E-state index in [0.717, 1.165) is 23.6 Å². The van der Waals surface area contributed by atoms with Crippen LogP contribution in [0.4, 0.5) is 0 Å². The highest BCUT2D eigenvalue weighted by Gasteiger charge is 2.21. The summed E-state index contributed by atoms with van der Waals surface area (Å²) in [5.41, 5.74) is 2.15. The number of aromatic nitrogens is 3. The van der Waals surface area contributed by atoms with Gasteiger partial charge < -0.3 is 5.32 Å². The Balaban J connectivity index is 1.69. The van der Waals surface area contributed by atoms with E-state index in [2.05, 4.69) is 27.2 Å². The third kappa shape index (κ3) is 3.44. The van der Waals surface area contributed by atoms with Gasteiger partial charge in [0.15, 0.2) is 5.82 Å². The Morgan fingerprint density at radius 3 is 2.86 bits per heavy atom. The summed E-state index contributed by atoms with van der Waals surface area (Å²) in [7, 11) is 0. The molecule has 2 heterocycles. The summed E-state index contributed by atoms with van der Waals surface area (Å²) in [6.45, 7) is 2.27. The molecule has 0 unspecified atom stereocenters. The van der Waals surface area contributed by atoms with Gasteiger partial charge in [0.05, 0.1) is 10.4 Å². The molecular weight excluding hydrogens is 284 g/mol. The molecule has 21 heavy (non-hydrogen) atoms. The second-order valence-electron chi connectivity index (χ2n) is 5.56. The van der Waals surface area contributed by atoms with Crippen LogP contribution in [0.15, 0.2) is 24.0 Å². The number of nitrogens with zero attached hydrogens (tertiary/aromatic N) is 3. The number of carbonyl (C=O) groups is 1. The Kier molecular flexibility index (Phi) is 4.24. The number of hydrogen-bond donors (Lipinski definition) is 1. The molecule has 0 bridgehead atoms. The van der Waals surface area contributed by atoms with Crippen molar-refractivity contribution >= 4 is 17.2 Å². The highest BCUT2D eigenvalue weighted by molar-refractivity contribution is 7.13. The molecule has 6 heteroatoms. The van der Waals surface area contributed by atoms with Crippen LogP contribution in [0.2, 0.25) is 0 Å². The van der Waals surface area contributed by atoms with Crippen LogP contribution in [-0.4, -0.2) is 26.9 Å². The molecule has 1 aliphatic rings. The van der Waals surface area contributed by atoms with Gasteiger partial charge in [0.25, 0.3) is 5.91 Å². The molecule has 1 fully saturated rings. The molecule has 3 rings (SSSR count). The molecule has 0 atom stereocenters. The maximum Gasteiger partial charge on any atom is 0.270 e. The molecule has 2 aromatic heterocycles. The van der Waals surface area contributed by atoms with Crippen molar-refractivity contribution in [3.63, 3.8) is 0 Å². The molecule has 1 saturated carbocycles. The van der Waals surface area contributed by atoms with Gasteiger partial charge in [-0.1, -0.05) is 6.92 Å². The van der Waals surface area contributed by atoms with Crippen molar-refractivity contribution < 1.29 is 4.79 Å². The van der Waals surface area contributed by atoms with Crippen molar-refractivity contribution in [2.45, 2.75) is 38.6 Å². The molecule has 110 valence electrons. The predicted octanol–water partition coefficient (Wildman–Crippen LogP) is 2.91. The van der Waals surface area contributed by atoms with E-state index in [-0.39, 0.29) is 11.9 Å². The molecule has 1 aliphatic carbocycles. The lowest BCUT2D eigenvalue weighted by atomic mass is 9.87. The van der Waals surface area contributed by atoms with Gasteiger partial charge in [0.1, 0.15) is 5.69 Å². The van der Waals surface area contributed by atoms with Crippen LogP contribution in [0.1, 0.15) is 43.1 Å². The molecule has 0 aromatic carbocycles. The van der Waals surface area contributed by atoms with Gasteiger partial charge in [-0.2, -0.15) is 0 Å². The Labute approximate surface area is 127 Å². The summed E-state index contributed by atoms with van der Waals surface area (Å²) in [5.74, 6) is 1.22. The topological polar surface area (TPSA) is 67.8 Å². The fourth-order valence-corrected chi connectivity index (χ4v) is 3.15. The third-order valence-corrected chi connectivity index (χ3v) is 4.66. The zero-order valence-electron chi connectivity index (χ0n) is 12.0. The van der Waals surface area contributed by atoms with Gasteiger partial charge in [-0.25, -0.2) is 9.97 Å². The maximum atomic E-state index is 12.3. The van der Waals surface area contributed by atoms with E-state index in [1.807, 2.05) is 0 Å². The zero-order valence-corrected chi connectivity index (χ0v) is 12.8. The monoisotopic (exact) mass is 302 g/mol. The molecule has 5 nitrogen and oxygen atoms in total. The number of rotatable bonds is 3. The summed E-state index contributed by atoms with van der Waals surface area (Å²) < 4.78 is 0. The van der Waals surface area contributed by atoms with Crippen molar-refractivity contribution in [3.8, 4) is 10.7 Å². The maximum absolute atomic E-state index is 12.3. The number of carbonyl (C=O) groups excluding carboxylic acids is 1. The largest absolute Gasteiger partial charge is 0.348 e. The van der Waals surface area contributed by atoms with Crippen molar-refractivity contribution in [1.29, 1.82) is 0 Å². The average Bonchev–Trinajstić information content (AvgIpc) is 3.04. The molecule has 0 saturated heterocycles. The van der Waals surface area contributed by atoms with Crippen LogP contribution in [0, 0.1) is 5.92 Å². The van der Waals surface area contributed by atoms with Gasteiger partial charge >= 0.3 is 0 Å². The van der Waals surface area contributed by atoms with Gasteiger partial charge in [-0.15, -0.1) is 11.3 Å². The Hall–Kier alpha value is -1.82. The van der Waals surface area contributed by atoms with Crippen molar-refractivity contribution in [2.75, 3.05) is 0 Å². The van der Waals surface area contributed by atoms with Crippen molar-refractivity contribution in [2.24, 2.45) is 5.92 Å². The minimum atomic E-state index is -0.109. The molecule has 1 N–H and O–H groups in total. The van der Waals surface area contributed by atoms with E-state index in [9.17, 15) is 4.79 Å².